The van der Waals surface area contributed by atoms with Gasteiger partial charge in [0, 0.05) is 25.7 Å². The fraction of sp³-hybridized carbons (Fsp3) is 0.583. The highest BCUT2D eigenvalue weighted by atomic mass is 16.6. The molecule has 0 saturated heterocycles. The number of aromatic nitrogens is 3. The van der Waals surface area contributed by atoms with Gasteiger partial charge in [-0.3, -0.25) is 4.79 Å². The van der Waals surface area contributed by atoms with Gasteiger partial charge >= 0.3 is 12.1 Å². The molecule has 1 amide bonds. The predicted molar refractivity (Wildman–Crippen MR) is 121 cm³/mol. The summed E-state index contributed by atoms with van der Waals surface area (Å²) in [5.41, 5.74) is 2.22. The summed E-state index contributed by atoms with van der Waals surface area (Å²) in [6.45, 7) is 0.0889. The molecule has 0 radical (unpaired) electrons. The van der Waals surface area contributed by atoms with Gasteiger partial charge in [0.05, 0.1) is 12.0 Å². The van der Waals surface area contributed by atoms with E-state index >= 15 is 0 Å². The molecule has 33 heavy (non-hydrogen) atoms. The number of carboxylic acids is 1. The zero-order chi connectivity index (χ0) is 23.4. The van der Waals surface area contributed by atoms with Crippen molar-refractivity contribution in [3.8, 4) is 17.0 Å². The van der Waals surface area contributed by atoms with Gasteiger partial charge in [-0.05, 0) is 62.8 Å². The van der Waals surface area contributed by atoms with E-state index in [4.69, 9.17) is 9.47 Å². The van der Waals surface area contributed by atoms with Crippen LogP contribution in [0.25, 0.3) is 11.3 Å². The number of carboxylic acid groups (broad SMARTS) is 1. The Balaban J connectivity index is 1.38. The normalized spacial score (nSPS) is 21.0. The number of nitrogens with zero attached hydrogens (tertiary/aromatic N) is 4. The number of amides is 1. The fourth-order valence-corrected chi connectivity index (χ4v) is 4.80. The van der Waals surface area contributed by atoms with Crippen molar-refractivity contribution in [2.45, 2.75) is 70.1 Å². The van der Waals surface area contributed by atoms with E-state index in [9.17, 15) is 14.7 Å². The molecule has 0 aliphatic heterocycles. The Morgan fingerprint density at radius 3 is 2.55 bits per heavy atom. The summed E-state index contributed by atoms with van der Waals surface area (Å²) in [5.74, 6) is -0.380. The average Bonchev–Trinajstić information content (AvgIpc) is 3.48. The van der Waals surface area contributed by atoms with Gasteiger partial charge in [-0.2, -0.15) is 0 Å². The minimum Gasteiger partial charge on any atom is -0.490 e. The second-order valence-corrected chi connectivity index (χ2v) is 9.08. The van der Waals surface area contributed by atoms with Gasteiger partial charge in [-0.15, -0.1) is 5.10 Å². The van der Waals surface area contributed by atoms with Gasteiger partial charge in [0.2, 0.25) is 0 Å². The van der Waals surface area contributed by atoms with E-state index in [-0.39, 0.29) is 30.8 Å². The average molecular weight is 457 g/mol. The number of rotatable bonds is 7. The molecule has 1 aromatic heterocycles. The summed E-state index contributed by atoms with van der Waals surface area (Å²) < 4.78 is 13.2. The van der Waals surface area contributed by atoms with Crippen molar-refractivity contribution in [2.24, 2.45) is 13.0 Å². The molecule has 2 aliphatic carbocycles. The number of hydrogen-bond donors (Lipinski definition) is 1. The third-order valence-electron chi connectivity index (χ3n) is 6.84. The molecule has 2 fully saturated rings. The number of carbonyl (C=O) groups excluding carboxylic acids is 1. The van der Waals surface area contributed by atoms with Crippen molar-refractivity contribution in [2.75, 3.05) is 7.05 Å². The Bertz CT molecular complexity index is 968. The minimum absolute atomic E-state index is 0.0888. The third kappa shape index (κ3) is 5.46. The van der Waals surface area contributed by atoms with Crippen molar-refractivity contribution in [1.82, 2.24) is 19.9 Å². The molecule has 1 N–H and O–H groups in total. The Kier molecular flexibility index (Phi) is 7.15. The van der Waals surface area contributed by atoms with E-state index in [2.05, 4.69) is 10.3 Å². The lowest BCUT2D eigenvalue weighted by atomic mass is 9.87. The molecular weight excluding hydrogens is 424 g/mol. The van der Waals surface area contributed by atoms with Crippen molar-refractivity contribution < 1.29 is 24.2 Å². The highest BCUT2D eigenvalue weighted by molar-refractivity contribution is 5.70. The van der Waals surface area contributed by atoms with Crippen LogP contribution in [0.2, 0.25) is 0 Å². The summed E-state index contributed by atoms with van der Waals surface area (Å²) in [7, 11) is 3.57. The molecule has 9 heteroatoms. The van der Waals surface area contributed by atoms with Crippen LogP contribution in [0.1, 0.15) is 57.1 Å². The van der Waals surface area contributed by atoms with E-state index in [1.165, 1.54) is 0 Å². The zero-order valence-corrected chi connectivity index (χ0v) is 19.3. The van der Waals surface area contributed by atoms with Crippen molar-refractivity contribution in [3.05, 3.63) is 30.0 Å². The quantitative estimate of drug-likeness (QED) is 0.671. The smallest absolute Gasteiger partial charge is 0.410 e. The maximum Gasteiger partial charge on any atom is 0.410 e. The van der Waals surface area contributed by atoms with Crippen LogP contribution in [0.15, 0.2) is 24.3 Å². The first-order chi connectivity index (χ1) is 15.9. The van der Waals surface area contributed by atoms with Crippen LogP contribution < -0.4 is 4.74 Å². The number of aliphatic carboxylic acids is 1. The molecule has 4 rings (SSSR count). The second-order valence-electron chi connectivity index (χ2n) is 9.08. The second kappa shape index (κ2) is 10.2. The highest BCUT2D eigenvalue weighted by Crippen LogP contribution is 2.30. The first-order valence-corrected chi connectivity index (χ1v) is 11.7. The van der Waals surface area contributed by atoms with Gasteiger partial charge in [0.25, 0.3) is 0 Å². The van der Waals surface area contributed by atoms with E-state index in [0.29, 0.717) is 30.0 Å². The molecule has 2 aliphatic rings. The Labute approximate surface area is 193 Å². The highest BCUT2D eigenvalue weighted by Gasteiger charge is 2.28. The van der Waals surface area contributed by atoms with Crippen LogP contribution in [-0.2, 0) is 23.2 Å². The topological polar surface area (TPSA) is 107 Å². The summed E-state index contributed by atoms with van der Waals surface area (Å²) in [6, 6.07) is 7.76. The summed E-state index contributed by atoms with van der Waals surface area (Å²) in [4.78, 5) is 25.5. The molecule has 0 spiro atoms. The lowest BCUT2D eigenvalue weighted by Crippen LogP contribution is -2.35. The molecule has 9 nitrogen and oxygen atoms in total. The first kappa shape index (κ1) is 23.1. The molecule has 2 aromatic rings. The number of carbonyl (C=O) groups is 2. The van der Waals surface area contributed by atoms with Gasteiger partial charge < -0.3 is 19.5 Å². The van der Waals surface area contributed by atoms with Gasteiger partial charge in [-0.25, -0.2) is 9.48 Å². The lowest BCUT2D eigenvalue weighted by molar-refractivity contribution is -0.143. The fourth-order valence-electron chi connectivity index (χ4n) is 4.80. The maximum absolute atomic E-state index is 12.5. The summed E-state index contributed by atoms with van der Waals surface area (Å²) in [6.07, 6.45) is 6.90. The summed E-state index contributed by atoms with van der Waals surface area (Å²) in [5, 5.41) is 17.6. The Hall–Kier alpha value is -3.10. The molecule has 178 valence electrons. The first-order valence-electron chi connectivity index (χ1n) is 11.7. The summed E-state index contributed by atoms with van der Waals surface area (Å²) >= 11 is 0. The van der Waals surface area contributed by atoms with Crippen LogP contribution in [0, 0.1) is 5.92 Å². The largest absolute Gasteiger partial charge is 0.490 e. The van der Waals surface area contributed by atoms with Crippen LogP contribution in [0.3, 0.4) is 0 Å². The molecule has 2 unspecified atom stereocenters. The monoisotopic (exact) mass is 456 g/mol. The maximum atomic E-state index is 12.5. The molecule has 1 aromatic carbocycles. The third-order valence-corrected chi connectivity index (χ3v) is 6.84. The van der Waals surface area contributed by atoms with Crippen LogP contribution in [0.5, 0.6) is 5.75 Å². The number of hydrogen-bond acceptors (Lipinski definition) is 6. The molecule has 2 saturated carbocycles. The van der Waals surface area contributed by atoms with E-state index < -0.39 is 5.97 Å². The predicted octanol–water partition coefficient (Wildman–Crippen LogP) is 4.02. The standard InChI is InChI=1S/C24H32N4O5/c1-27(18-7-3-4-8-18)24(31)32-15-21-22(25-26-28(21)2)16-10-12-19(13-11-16)33-20-9-5-6-17(14-20)23(29)30/h10-13,17-18,20H,3-9,14-15H2,1-2H3,(H,29,30). The lowest BCUT2D eigenvalue weighted by Gasteiger charge is -2.27. The minimum atomic E-state index is -0.746. The van der Waals surface area contributed by atoms with E-state index in [0.717, 1.165) is 44.1 Å². The van der Waals surface area contributed by atoms with Crippen molar-refractivity contribution in [3.63, 3.8) is 0 Å². The van der Waals surface area contributed by atoms with Gasteiger partial charge in [-0.1, -0.05) is 18.1 Å². The Morgan fingerprint density at radius 1 is 1.12 bits per heavy atom. The molecule has 0 bridgehead atoms. The number of benzene rings is 1. The van der Waals surface area contributed by atoms with Gasteiger partial charge in [0.1, 0.15) is 23.7 Å². The van der Waals surface area contributed by atoms with Crippen molar-refractivity contribution >= 4 is 12.1 Å². The molecule has 1 heterocycles. The van der Waals surface area contributed by atoms with Crippen LogP contribution in [-0.4, -0.2) is 56.3 Å². The zero-order valence-electron chi connectivity index (χ0n) is 19.3. The number of ether oxygens (including phenoxy) is 2. The number of aryl methyl sites for hydroxylation is 1. The van der Waals surface area contributed by atoms with E-state index in [1.54, 1.807) is 23.7 Å². The van der Waals surface area contributed by atoms with Crippen molar-refractivity contribution in [1.29, 1.82) is 0 Å². The van der Waals surface area contributed by atoms with Crippen LogP contribution in [0.4, 0.5) is 4.79 Å². The van der Waals surface area contributed by atoms with Crippen LogP contribution >= 0.6 is 0 Å². The SMILES string of the molecule is CN(C(=O)OCc1c(-c2ccc(OC3CCCC(C(=O)O)C3)cc2)nnn1C)C1CCCC1. The van der Waals surface area contributed by atoms with Gasteiger partial charge in [0.15, 0.2) is 0 Å². The molecular formula is C24H32N4O5. The van der Waals surface area contributed by atoms with E-state index in [1.807, 2.05) is 24.3 Å². The molecule has 2 atom stereocenters. The Morgan fingerprint density at radius 2 is 1.85 bits per heavy atom.